The maximum Gasteiger partial charge on any atom is 0.140 e. The normalized spacial score (nSPS) is 12.3. The molecule has 0 aromatic rings. The van der Waals surface area contributed by atoms with Crippen molar-refractivity contribution in [1.29, 1.82) is 0 Å². The lowest BCUT2D eigenvalue weighted by Gasteiger charge is -2.17. The molecule has 0 spiro atoms. The van der Waals surface area contributed by atoms with Gasteiger partial charge in [-0.15, -0.1) is 0 Å². The molecule has 3 nitrogen and oxygen atoms in total. The minimum Gasteiger partial charge on any atom is -0.299 e. The first-order valence-electron chi connectivity index (χ1n) is 7.48. The van der Waals surface area contributed by atoms with Crippen molar-refractivity contribution in [2.45, 2.75) is 80.1 Å². The highest BCUT2D eigenvalue weighted by Crippen LogP contribution is 2.21. The number of carbonyl (C=O) groups is 3. The van der Waals surface area contributed by atoms with E-state index in [0.717, 1.165) is 6.42 Å². The highest BCUT2D eigenvalue weighted by molar-refractivity contribution is 5.99. The van der Waals surface area contributed by atoms with Crippen molar-refractivity contribution < 1.29 is 14.4 Å². The highest BCUT2D eigenvalue weighted by atomic mass is 16.1. The second-order valence-corrected chi connectivity index (χ2v) is 7.84. The summed E-state index contributed by atoms with van der Waals surface area (Å²) in [6.07, 6.45) is 2.62. The fourth-order valence-corrected chi connectivity index (χ4v) is 1.73. The number of hydrogen-bond donors (Lipinski definition) is 0. The largest absolute Gasteiger partial charge is 0.299 e. The van der Waals surface area contributed by atoms with Gasteiger partial charge in [-0.1, -0.05) is 41.5 Å². The van der Waals surface area contributed by atoms with Crippen LogP contribution >= 0.6 is 0 Å². The smallest absolute Gasteiger partial charge is 0.140 e. The van der Waals surface area contributed by atoms with Gasteiger partial charge in [-0.05, 0) is 18.3 Å². The van der Waals surface area contributed by atoms with Gasteiger partial charge in [0.05, 0.1) is 6.42 Å². The van der Waals surface area contributed by atoms with Crippen LogP contribution in [0.3, 0.4) is 0 Å². The van der Waals surface area contributed by atoms with Gasteiger partial charge in [-0.25, -0.2) is 0 Å². The van der Waals surface area contributed by atoms with Gasteiger partial charge in [-0.2, -0.15) is 0 Å². The zero-order valence-electron chi connectivity index (χ0n) is 14.0. The summed E-state index contributed by atoms with van der Waals surface area (Å²) in [5.74, 6) is 0.155. The average molecular weight is 282 g/mol. The maximum atomic E-state index is 11.7. The third-order valence-corrected chi connectivity index (χ3v) is 3.24. The fraction of sp³-hybridized carbons (Fsp3) is 0.824. The van der Waals surface area contributed by atoms with E-state index in [1.807, 2.05) is 20.8 Å². The molecule has 0 aromatic heterocycles. The van der Waals surface area contributed by atoms with E-state index < -0.39 is 0 Å². The van der Waals surface area contributed by atoms with Gasteiger partial charge in [0.1, 0.15) is 17.3 Å². The van der Waals surface area contributed by atoms with Crippen LogP contribution in [-0.4, -0.2) is 17.3 Å². The van der Waals surface area contributed by atoms with E-state index in [1.54, 1.807) is 0 Å². The maximum absolute atomic E-state index is 11.7. The van der Waals surface area contributed by atoms with E-state index in [0.29, 0.717) is 25.7 Å². The SMILES string of the molecule is CC(C)(C)CCC(=O)CC(=O)CCCC(=O)C(C)(C)C. The van der Waals surface area contributed by atoms with Gasteiger partial charge in [0, 0.05) is 24.7 Å². The van der Waals surface area contributed by atoms with E-state index in [9.17, 15) is 14.4 Å². The molecule has 20 heavy (non-hydrogen) atoms. The summed E-state index contributed by atoms with van der Waals surface area (Å²) >= 11 is 0. The molecule has 0 aliphatic carbocycles. The molecule has 3 heteroatoms. The van der Waals surface area contributed by atoms with Gasteiger partial charge in [-0.3, -0.25) is 14.4 Å². The average Bonchev–Trinajstić information content (AvgIpc) is 2.24. The van der Waals surface area contributed by atoms with Crippen molar-refractivity contribution in [2.24, 2.45) is 10.8 Å². The van der Waals surface area contributed by atoms with Crippen molar-refractivity contribution in [2.75, 3.05) is 0 Å². The van der Waals surface area contributed by atoms with Crippen molar-refractivity contribution >= 4 is 17.3 Å². The van der Waals surface area contributed by atoms with Crippen LogP contribution in [0.1, 0.15) is 80.1 Å². The first kappa shape index (κ1) is 19.0. The molecule has 0 rings (SSSR count). The second kappa shape index (κ2) is 7.70. The van der Waals surface area contributed by atoms with Crippen LogP contribution in [0.15, 0.2) is 0 Å². The Morgan fingerprint density at radius 3 is 1.70 bits per heavy atom. The molecule has 0 atom stereocenters. The zero-order valence-corrected chi connectivity index (χ0v) is 14.0. The van der Waals surface area contributed by atoms with Crippen LogP contribution in [0.25, 0.3) is 0 Å². The predicted octanol–water partition coefficient (Wildman–Crippen LogP) is 4.13. The monoisotopic (exact) mass is 282 g/mol. The van der Waals surface area contributed by atoms with Crippen LogP contribution < -0.4 is 0 Å². The molecule has 0 fully saturated rings. The van der Waals surface area contributed by atoms with Crippen molar-refractivity contribution in [3.63, 3.8) is 0 Å². The Balaban J connectivity index is 3.90. The number of ketones is 3. The van der Waals surface area contributed by atoms with Gasteiger partial charge in [0.2, 0.25) is 0 Å². The van der Waals surface area contributed by atoms with E-state index in [-0.39, 0.29) is 34.6 Å². The summed E-state index contributed by atoms with van der Waals surface area (Å²) in [4.78, 5) is 35.0. The topological polar surface area (TPSA) is 51.2 Å². The van der Waals surface area contributed by atoms with Crippen LogP contribution in [0, 0.1) is 10.8 Å². The number of hydrogen-bond acceptors (Lipinski definition) is 3. The van der Waals surface area contributed by atoms with E-state index in [4.69, 9.17) is 0 Å². The first-order chi connectivity index (χ1) is 8.92. The van der Waals surface area contributed by atoms with Crippen molar-refractivity contribution in [3.8, 4) is 0 Å². The number of Topliss-reactive ketones (excluding diaryl/α,β-unsaturated/α-hetero) is 3. The molecule has 0 saturated carbocycles. The number of carbonyl (C=O) groups excluding carboxylic acids is 3. The molecule has 0 heterocycles. The lowest BCUT2D eigenvalue weighted by molar-refractivity contribution is -0.127. The summed E-state index contributed by atoms with van der Waals surface area (Å²) in [5, 5.41) is 0. The van der Waals surface area contributed by atoms with Crippen LogP contribution in [-0.2, 0) is 14.4 Å². The highest BCUT2D eigenvalue weighted by Gasteiger charge is 2.21. The molecule has 0 radical (unpaired) electrons. The molecular weight excluding hydrogens is 252 g/mol. The standard InChI is InChI=1S/C17H30O3/c1-16(2,3)11-10-14(19)12-13(18)8-7-9-15(20)17(4,5)6/h7-12H2,1-6H3. The van der Waals surface area contributed by atoms with Crippen molar-refractivity contribution in [3.05, 3.63) is 0 Å². The summed E-state index contributed by atoms with van der Waals surface area (Å²) in [6, 6.07) is 0. The summed E-state index contributed by atoms with van der Waals surface area (Å²) in [7, 11) is 0. The van der Waals surface area contributed by atoms with Crippen molar-refractivity contribution in [1.82, 2.24) is 0 Å². The zero-order chi connectivity index (χ0) is 16.0. The molecule has 116 valence electrons. The third kappa shape index (κ3) is 9.88. The van der Waals surface area contributed by atoms with Gasteiger partial charge in [0.25, 0.3) is 0 Å². The van der Waals surface area contributed by atoms with Gasteiger partial charge in [0.15, 0.2) is 0 Å². The van der Waals surface area contributed by atoms with Gasteiger partial charge >= 0.3 is 0 Å². The van der Waals surface area contributed by atoms with E-state index in [1.165, 1.54) is 0 Å². The van der Waals surface area contributed by atoms with Crippen LogP contribution in [0.2, 0.25) is 0 Å². The Morgan fingerprint density at radius 2 is 1.25 bits per heavy atom. The molecule has 0 amide bonds. The molecular formula is C17H30O3. The molecule has 0 N–H and O–H groups in total. The molecule has 0 bridgehead atoms. The Morgan fingerprint density at radius 1 is 0.750 bits per heavy atom. The van der Waals surface area contributed by atoms with Crippen LogP contribution in [0.5, 0.6) is 0 Å². The van der Waals surface area contributed by atoms with E-state index >= 15 is 0 Å². The Hall–Kier alpha value is -0.990. The Bertz CT molecular complexity index is 353. The summed E-state index contributed by atoms with van der Waals surface area (Å²) in [6.45, 7) is 11.9. The lowest BCUT2D eigenvalue weighted by atomic mass is 9.87. The second-order valence-electron chi connectivity index (χ2n) is 7.84. The minimum absolute atomic E-state index is 0.0204. The lowest BCUT2D eigenvalue weighted by Crippen LogP contribution is -2.20. The summed E-state index contributed by atoms with van der Waals surface area (Å²) < 4.78 is 0. The van der Waals surface area contributed by atoms with Crippen LogP contribution in [0.4, 0.5) is 0 Å². The van der Waals surface area contributed by atoms with Gasteiger partial charge < -0.3 is 0 Å². The molecule has 0 aliphatic heterocycles. The fourth-order valence-electron chi connectivity index (χ4n) is 1.73. The molecule has 0 saturated heterocycles. The van der Waals surface area contributed by atoms with E-state index in [2.05, 4.69) is 20.8 Å². The molecule has 0 aromatic carbocycles. The Labute approximate surface area is 123 Å². The quantitative estimate of drug-likeness (QED) is 0.629. The molecule has 0 aliphatic rings. The minimum atomic E-state index is -0.342. The third-order valence-electron chi connectivity index (χ3n) is 3.24. The number of rotatable bonds is 8. The molecule has 0 unspecified atom stereocenters. The summed E-state index contributed by atoms with van der Waals surface area (Å²) in [5.41, 5.74) is -0.219. The first-order valence-corrected chi connectivity index (χ1v) is 7.48. The Kier molecular flexibility index (Phi) is 7.32. The predicted molar refractivity (Wildman–Crippen MR) is 81.6 cm³/mol.